The van der Waals surface area contributed by atoms with Gasteiger partial charge in [0.25, 0.3) is 0 Å². The lowest BCUT2D eigenvalue weighted by Gasteiger charge is -2.11. The van der Waals surface area contributed by atoms with Gasteiger partial charge in [-0.25, -0.2) is 0 Å². The van der Waals surface area contributed by atoms with Crippen molar-refractivity contribution in [2.24, 2.45) is 21.7 Å². The lowest BCUT2D eigenvalue weighted by atomic mass is 10.0. The van der Waals surface area contributed by atoms with E-state index in [9.17, 15) is 5.11 Å². The van der Waals surface area contributed by atoms with Crippen LogP contribution in [0.1, 0.15) is 16.7 Å². The molecule has 0 fully saturated rings. The number of phenols is 1. The minimum absolute atomic E-state index is 0.137. The van der Waals surface area contributed by atoms with Gasteiger partial charge in [0.05, 0.1) is 13.3 Å². The Labute approximate surface area is 99.6 Å². The molecule has 0 aromatic heterocycles. The molecule has 1 aromatic rings. The average Bonchev–Trinajstić information content (AvgIpc) is 2.27. The molecule has 0 radical (unpaired) electrons. The Morgan fingerprint density at radius 1 is 1.41 bits per heavy atom. The van der Waals surface area contributed by atoms with Crippen molar-refractivity contribution in [3.8, 4) is 11.5 Å². The minimum Gasteiger partial charge on any atom is -0.507 e. The Bertz CT molecular complexity index is 477. The molecule has 0 aliphatic carbocycles. The van der Waals surface area contributed by atoms with Crippen LogP contribution >= 0.6 is 0 Å². The Kier molecular flexibility index (Phi) is 3.92. The third kappa shape index (κ3) is 2.87. The van der Waals surface area contributed by atoms with Gasteiger partial charge in [-0.15, -0.1) is 5.10 Å². The lowest BCUT2D eigenvalue weighted by Crippen LogP contribution is -2.21. The van der Waals surface area contributed by atoms with Crippen molar-refractivity contribution >= 4 is 12.2 Å². The van der Waals surface area contributed by atoms with Gasteiger partial charge in [0.15, 0.2) is 0 Å². The number of methoxy groups -OCH3 is 1. The summed E-state index contributed by atoms with van der Waals surface area (Å²) in [5.41, 5.74) is 12.3. The first-order chi connectivity index (χ1) is 7.97. The second kappa shape index (κ2) is 5.20. The van der Waals surface area contributed by atoms with E-state index in [4.69, 9.17) is 16.2 Å². The highest BCUT2D eigenvalue weighted by Crippen LogP contribution is 2.31. The number of ether oxygens (including phenoxy) is 1. The zero-order chi connectivity index (χ0) is 13.0. The lowest BCUT2D eigenvalue weighted by molar-refractivity contribution is 0.408. The van der Waals surface area contributed by atoms with Gasteiger partial charge >= 0.3 is 0 Å². The summed E-state index contributed by atoms with van der Waals surface area (Å²) in [5.74, 6) is 0.669. The van der Waals surface area contributed by atoms with Crippen LogP contribution in [0, 0.1) is 13.8 Å². The number of phenolic OH excluding ortho intramolecular Hbond substituents is 1. The van der Waals surface area contributed by atoms with E-state index in [-0.39, 0.29) is 11.7 Å². The van der Waals surface area contributed by atoms with Crippen LogP contribution in [0.5, 0.6) is 11.5 Å². The third-order valence-corrected chi connectivity index (χ3v) is 2.33. The van der Waals surface area contributed by atoms with Crippen LogP contribution in [0.4, 0.5) is 0 Å². The quantitative estimate of drug-likeness (QED) is 0.406. The first-order valence-corrected chi connectivity index (χ1v) is 4.96. The molecule has 1 rings (SSSR count). The molecule has 0 spiro atoms. The molecule has 92 valence electrons. The van der Waals surface area contributed by atoms with E-state index in [0.29, 0.717) is 16.9 Å². The van der Waals surface area contributed by atoms with Gasteiger partial charge in [-0.05, 0) is 25.5 Å². The smallest absolute Gasteiger partial charge is 0.211 e. The molecule has 0 atom stereocenters. The molecule has 0 saturated heterocycles. The predicted octanol–water partition coefficient (Wildman–Crippen LogP) is 0.625. The molecule has 1 aromatic carbocycles. The van der Waals surface area contributed by atoms with Crippen LogP contribution in [-0.4, -0.2) is 24.4 Å². The summed E-state index contributed by atoms with van der Waals surface area (Å²) in [6.07, 6.45) is 1.39. The number of rotatable bonds is 3. The van der Waals surface area contributed by atoms with Crippen LogP contribution in [0.15, 0.2) is 16.3 Å². The van der Waals surface area contributed by atoms with Crippen molar-refractivity contribution in [1.82, 2.24) is 0 Å². The van der Waals surface area contributed by atoms with E-state index in [1.807, 2.05) is 6.92 Å². The number of aryl methyl sites for hydroxylation is 1. The summed E-state index contributed by atoms with van der Waals surface area (Å²) in [6, 6.07) is 1.75. The van der Waals surface area contributed by atoms with Gasteiger partial charge in [-0.1, -0.05) is 0 Å². The van der Waals surface area contributed by atoms with Crippen molar-refractivity contribution in [2.45, 2.75) is 13.8 Å². The van der Waals surface area contributed by atoms with Crippen molar-refractivity contribution in [3.05, 3.63) is 22.8 Å². The maximum absolute atomic E-state index is 9.91. The molecule has 0 aliphatic heterocycles. The molecule has 0 amide bonds. The Morgan fingerprint density at radius 3 is 2.59 bits per heavy atom. The van der Waals surface area contributed by atoms with E-state index in [1.165, 1.54) is 6.21 Å². The largest absolute Gasteiger partial charge is 0.507 e. The second-order valence-corrected chi connectivity index (χ2v) is 3.55. The fourth-order valence-electron chi connectivity index (χ4n) is 1.42. The van der Waals surface area contributed by atoms with Gasteiger partial charge in [0.1, 0.15) is 11.5 Å². The fraction of sp³-hybridized carbons (Fsp3) is 0.273. The van der Waals surface area contributed by atoms with Gasteiger partial charge in [-0.2, -0.15) is 5.10 Å². The van der Waals surface area contributed by atoms with E-state index in [2.05, 4.69) is 10.2 Å². The monoisotopic (exact) mass is 236 g/mol. The number of nitrogens with zero attached hydrogens (tertiary/aromatic N) is 2. The number of aromatic hydroxyl groups is 1. The summed E-state index contributed by atoms with van der Waals surface area (Å²) in [7, 11) is 1.57. The highest BCUT2D eigenvalue weighted by molar-refractivity contribution is 5.88. The van der Waals surface area contributed by atoms with Crippen LogP contribution in [0.25, 0.3) is 0 Å². The predicted molar refractivity (Wildman–Crippen MR) is 67.5 cm³/mol. The molecule has 0 aliphatic rings. The Hall–Kier alpha value is -2.24. The van der Waals surface area contributed by atoms with E-state index in [1.54, 1.807) is 20.1 Å². The maximum Gasteiger partial charge on any atom is 0.211 e. The summed E-state index contributed by atoms with van der Waals surface area (Å²) >= 11 is 0. The van der Waals surface area contributed by atoms with E-state index in [0.717, 1.165) is 5.56 Å². The van der Waals surface area contributed by atoms with Gasteiger partial charge < -0.3 is 21.3 Å². The molecule has 0 heterocycles. The van der Waals surface area contributed by atoms with Crippen molar-refractivity contribution < 1.29 is 9.84 Å². The highest BCUT2D eigenvalue weighted by Gasteiger charge is 2.11. The summed E-state index contributed by atoms with van der Waals surface area (Å²) in [5, 5.41) is 17.1. The standard InChI is InChI=1S/C11H16N4O2/c1-6-4-9(17-3)7(2)8(10(6)16)5-14-15-11(12)13/h4-5,16H,1-3H3,(H4,12,13,15). The molecule has 0 bridgehead atoms. The minimum atomic E-state index is -0.141. The van der Waals surface area contributed by atoms with Crippen LogP contribution in [0.2, 0.25) is 0 Å². The van der Waals surface area contributed by atoms with E-state index >= 15 is 0 Å². The molecule has 5 N–H and O–H groups in total. The molecular weight excluding hydrogens is 220 g/mol. The van der Waals surface area contributed by atoms with Crippen molar-refractivity contribution in [1.29, 1.82) is 0 Å². The van der Waals surface area contributed by atoms with E-state index < -0.39 is 0 Å². The van der Waals surface area contributed by atoms with Gasteiger partial charge in [0.2, 0.25) is 5.96 Å². The number of benzene rings is 1. The molecule has 6 heteroatoms. The van der Waals surface area contributed by atoms with Gasteiger partial charge in [0, 0.05) is 11.1 Å². The second-order valence-electron chi connectivity index (χ2n) is 3.55. The van der Waals surface area contributed by atoms with Crippen molar-refractivity contribution in [2.75, 3.05) is 7.11 Å². The number of hydrogen-bond donors (Lipinski definition) is 3. The molecule has 0 saturated carbocycles. The average molecular weight is 236 g/mol. The summed E-state index contributed by atoms with van der Waals surface area (Å²) in [6.45, 7) is 3.59. The first kappa shape index (κ1) is 12.8. The number of guanidine groups is 1. The topological polar surface area (TPSA) is 106 Å². The van der Waals surface area contributed by atoms with Crippen molar-refractivity contribution in [3.63, 3.8) is 0 Å². The first-order valence-electron chi connectivity index (χ1n) is 4.96. The zero-order valence-electron chi connectivity index (χ0n) is 10.1. The molecule has 17 heavy (non-hydrogen) atoms. The molecular formula is C11H16N4O2. The zero-order valence-corrected chi connectivity index (χ0v) is 10.1. The normalized spacial score (nSPS) is 10.5. The Morgan fingerprint density at radius 2 is 2.06 bits per heavy atom. The fourth-order valence-corrected chi connectivity index (χ4v) is 1.42. The molecule has 0 unspecified atom stereocenters. The SMILES string of the molecule is COc1cc(C)c(O)c(C=NN=C(N)N)c1C. The number of hydrogen-bond acceptors (Lipinski definition) is 4. The maximum atomic E-state index is 9.91. The third-order valence-electron chi connectivity index (χ3n) is 2.33. The summed E-state index contributed by atoms with van der Waals surface area (Å²) in [4.78, 5) is 0. The highest BCUT2D eigenvalue weighted by atomic mass is 16.5. The van der Waals surface area contributed by atoms with Crippen LogP contribution in [-0.2, 0) is 0 Å². The Balaban J connectivity index is 3.27. The molecule has 6 nitrogen and oxygen atoms in total. The van der Waals surface area contributed by atoms with Crippen LogP contribution in [0.3, 0.4) is 0 Å². The summed E-state index contributed by atoms with van der Waals surface area (Å²) < 4.78 is 5.19. The van der Waals surface area contributed by atoms with Crippen LogP contribution < -0.4 is 16.2 Å². The number of nitrogens with two attached hydrogens (primary N) is 2. The van der Waals surface area contributed by atoms with Gasteiger partial charge in [-0.3, -0.25) is 0 Å².